The number of pyridine rings is 1. The Bertz CT molecular complexity index is 848. The first-order valence-electron chi connectivity index (χ1n) is 8.81. The van der Waals surface area contributed by atoms with Crippen LogP contribution in [0.2, 0.25) is 0 Å². The number of ether oxygens (including phenoxy) is 1. The minimum atomic E-state index is 0.869. The molecule has 0 spiro atoms. The smallest absolute Gasteiger partial charge is 0.209 e. The maximum Gasteiger partial charge on any atom is 0.209 e. The van der Waals surface area contributed by atoms with Crippen molar-refractivity contribution < 1.29 is 4.74 Å². The molecular formula is C19H21N5OS2. The number of rotatable bonds is 6. The van der Waals surface area contributed by atoms with E-state index in [-0.39, 0.29) is 0 Å². The van der Waals surface area contributed by atoms with E-state index >= 15 is 0 Å². The second-order valence-corrected chi connectivity index (χ2v) is 8.35. The second kappa shape index (κ2) is 8.58. The lowest BCUT2D eigenvalue weighted by molar-refractivity contribution is 0.415. The number of hydrogen-bond donors (Lipinski definition) is 0. The zero-order chi connectivity index (χ0) is 18.5. The maximum atomic E-state index is 5.24. The van der Waals surface area contributed by atoms with Crippen molar-refractivity contribution in [3.8, 4) is 5.75 Å². The van der Waals surface area contributed by atoms with Crippen molar-refractivity contribution in [1.29, 1.82) is 0 Å². The number of hydrogen-bond acceptors (Lipinski definition) is 8. The fourth-order valence-corrected chi connectivity index (χ4v) is 4.79. The molecule has 2 aromatic heterocycles. The molecule has 0 N–H and O–H groups in total. The number of methoxy groups -OCH3 is 1. The third kappa shape index (κ3) is 4.51. The predicted molar refractivity (Wildman–Crippen MR) is 111 cm³/mol. The largest absolute Gasteiger partial charge is 0.497 e. The van der Waals surface area contributed by atoms with Crippen LogP contribution in [-0.4, -0.2) is 48.5 Å². The van der Waals surface area contributed by atoms with E-state index in [1.165, 1.54) is 11.3 Å². The molecule has 1 aliphatic heterocycles. The molecule has 3 aromatic rings. The first-order chi connectivity index (χ1) is 13.3. The fourth-order valence-electron chi connectivity index (χ4n) is 2.97. The van der Waals surface area contributed by atoms with Crippen LogP contribution in [0.5, 0.6) is 5.75 Å². The zero-order valence-corrected chi connectivity index (χ0v) is 16.7. The summed E-state index contributed by atoms with van der Waals surface area (Å²) in [5, 5.41) is 9.75. The molecule has 0 amide bonds. The van der Waals surface area contributed by atoms with E-state index in [9.17, 15) is 0 Å². The quantitative estimate of drug-likeness (QED) is 0.588. The Morgan fingerprint density at radius 1 is 1.04 bits per heavy atom. The summed E-state index contributed by atoms with van der Waals surface area (Å²) in [5.41, 5.74) is 2.44. The van der Waals surface area contributed by atoms with E-state index in [2.05, 4.69) is 43.2 Å². The van der Waals surface area contributed by atoms with Crippen molar-refractivity contribution in [3.63, 3.8) is 0 Å². The van der Waals surface area contributed by atoms with Gasteiger partial charge in [0, 0.05) is 50.0 Å². The van der Waals surface area contributed by atoms with Gasteiger partial charge in [0.2, 0.25) is 5.13 Å². The van der Waals surface area contributed by atoms with Gasteiger partial charge in [-0.2, -0.15) is 0 Å². The number of anilines is 2. The van der Waals surface area contributed by atoms with Crippen LogP contribution in [-0.2, 0) is 5.75 Å². The van der Waals surface area contributed by atoms with Gasteiger partial charge in [-0.1, -0.05) is 29.2 Å². The Hall–Kier alpha value is -2.32. The SMILES string of the molecule is COc1ccc(N2CCN(c3nnc(SCc4cccnc4)s3)CC2)cc1. The molecular weight excluding hydrogens is 378 g/mol. The lowest BCUT2D eigenvalue weighted by Crippen LogP contribution is -2.46. The average Bonchev–Trinajstić information content (AvgIpc) is 3.22. The highest BCUT2D eigenvalue weighted by Crippen LogP contribution is 2.31. The van der Waals surface area contributed by atoms with Crippen molar-refractivity contribution in [2.45, 2.75) is 10.1 Å². The van der Waals surface area contributed by atoms with Crippen LogP contribution >= 0.6 is 23.1 Å². The number of aromatic nitrogens is 3. The van der Waals surface area contributed by atoms with Crippen molar-refractivity contribution in [2.24, 2.45) is 0 Å². The Labute approximate surface area is 167 Å². The van der Waals surface area contributed by atoms with Crippen molar-refractivity contribution in [3.05, 3.63) is 54.4 Å². The van der Waals surface area contributed by atoms with Crippen LogP contribution < -0.4 is 14.5 Å². The molecule has 0 radical (unpaired) electrons. The minimum Gasteiger partial charge on any atom is -0.497 e. The number of benzene rings is 1. The summed E-state index contributed by atoms with van der Waals surface area (Å²) in [4.78, 5) is 8.87. The molecule has 0 aliphatic carbocycles. The number of nitrogens with zero attached hydrogens (tertiary/aromatic N) is 5. The third-order valence-electron chi connectivity index (χ3n) is 4.47. The molecule has 0 saturated carbocycles. The summed E-state index contributed by atoms with van der Waals surface area (Å²) in [6.45, 7) is 3.86. The summed E-state index contributed by atoms with van der Waals surface area (Å²) in [6, 6.07) is 12.3. The lowest BCUT2D eigenvalue weighted by Gasteiger charge is -2.35. The zero-order valence-electron chi connectivity index (χ0n) is 15.1. The topological polar surface area (TPSA) is 54.4 Å². The first-order valence-corrected chi connectivity index (χ1v) is 10.6. The average molecular weight is 400 g/mol. The summed E-state index contributed by atoms with van der Waals surface area (Å²) < 4.78 is 6.24. The lowest BCUT2D eigenvalue weighted by atomic mass is 10.2. The molecule has 1 saturated heterocycles. The van der Waals surface area contributed by atoms with Gasteiger partial charge in [-0.15, -0.1) is 10.2 Å². The number of piperazine rings is 1. The van der Waals surface area contributed by atoms with E-state index in [1.807, 2.05) is 24.4 Å². The third-order valence-corrected chi connectivity index (χ3v) is 6.66. The molecule has 3 heterocycles. The predicted octanol–water partition coefficient (Wildman–Crippen LogP) is 3.56. The Kier molecular flexibility index (Phi) is 5.74. The van der Waals surface area contributed by atoms with Gasteiger partial charge in [0.25, 0.3) is 0 Å². The molecule has 1 aliphatic rings. The summed E-state index contributed by atoms with van der Waals surface area (Å²) in [6.07, 6.45) is 3.69. The van der Waals surface area contributed by atoms with E-state index < -0.39 is 0 Å². The minimum absolute atomic E-state index is 0.869. The van der Waals surface area contributed by atoms with Crippen LogP contribution in [0.25, 0.3) is 0 Å². The first kappa shape index (κ1) is 18.1. The summed E-state index contributed by atoms with van der Waals surface area (Å²) in [7, 11) is 1.69. The fraction of sp³-hybridized carbons (Fsp3) is 0.316. The van der Waals surface area contributed by atoms with Gasteiger partial charge in [0.1, 0.15) is 5.75 Å². The van der Waals surface area contributed by atoms with Gasteiger partial charge in [-0.3, -0.25) is 4.98 Å². The Morgan fingerprint density at radius 2 is 1.81 bits per heavy atom. The van der Waals surface area contributed by atoms with Crippen LogP contribution in [0.1, 0.15) is 5.56 Å². The molecule has 8 heteroatoms. The van der Waals surface area contributed by atoms with Gasteiger partial charge in [0.15, 0.2) is 4.34 Å². The summed E-state index contributed by atoms with van der Waals surface area (Å²) >= 11 is 3.39. The van der Waals surface area contributed by atoms with Crippen LogP contribution in [0.4, 0.5) is 10.8 Å². The van der Waals surface area contributed by atoms with Gasteiger partial charge in [0.05, 0.1) is 7.11 Å². The van der Waals surface area contributed by atoms with Crippen LogP contribution in [0.3, 0.4) is 0 Å². The van der Waals surface area contributed by atoms with Crippen LogP contribution in [0.15, 0.2) is 53.1 Å². The van der Waals surface area contributed by atoms with Crippen molar-refractivity contribution in [2.75, 3.05) is 43.1 Å². The van der Waals surface area contributed by atoms with Gasteiger partial charge < -0.3 is 14.5 Å². The van der Waals surface area contributed by atoms with Crippen LogP contribution in [0, 0.1) is 0 Å². The highest BCUT2D eigenvalue weighted by molar-refractivity contribution is 8.00. The van der Waals surface area contributed by atoms with E-state index in [0.29, 0.717) is 0 Å². The molecule has 0 unspecified atom stereocenters. The Morgan fingerprint density at radius 3 is 2.52 bits per heavy atom. The molecule has 1 fully saturated rings. The highest BCUT2D eigenvalue weighted by Gasteiger charge is 2.20. The molecule has 0 bridgehead atoms. The van der Waals surface area contributed by atoms with E-state index in [4.69, 9.17) is 4.74 Å². The normalized spacial score (nSPS) is 14.4. The molecule has 0 atom stereocenters. The van der Waals surface area contributed by atoms with Gasteiger partial charge in [-0.05, 0) is 35.9 Å². The van der Waals surface area contributed by atoms with E-state index in [0.717, 1.165) is 47.2 Å². The van der Waals surface area contributed by atoms with E-state index in [1.54, 1.807) is 36.4 Å². The van der Waals surface area contributed by atoms with Crippen molar-refractivity contribution in [1.82, 2.24) is 15.2 Å². The second-order valence-electron chi connectivity index (χ2n) is 6.17. The van der Waals surface area contributed by atoms with Gasteiger partial charge in [-0.25, -0.2) is 0 Å². The standard InChI is InChI=1S/C19H21N5OS2/c1-25-17-6-4-16(5-7-17)23-9-11-24(12-10-23)18-21-22-19(27-18)26-14-15-3-2-8-20-13-15/h2-8,13H,9-12,14H2,1H3. The highest BCUT2D eigenvalue weighted by atomic mass is 32.2. The Balaban J connectivity index is 1.31. The molecule has 27 heavy (non-hydrogen) atoms. The maximum absolute atomic E-state index is 5.24. The monoisotopic (exact) mass is 399 g/mol. The molecule has 6 nitrogen and oxygen atoms in total. The number of thioether (sulfide) groups is 1. The molecule has 4 rings (SSSR count). The summed E-state index contributed by atoms with van der Waals surface area (Å²) in [5.74, 6) is 1.76. The van der Waals surface area contributed by atoms with Crippen molar-refractivity contribution >= 4 is 33.9 Å². The molecule has 140 valence electrons. The van der Waals surface area contributed by atoms with Gasteiger partial charge >= 0.3 is 0 Å². The molecule has 1 aromatic carbocycles.